The zero-order valence-electron chi connectivity index (χ0n) is 13.4. The van der Waals surface area contributed by atoms with Gasteiger partial charge in [-0.2, -0.15) is 0 Å². The quantitative estimate of drug-likeness (QED) is 0.461. The summed E-state index contributed by atoms with van der Waals surface area (Å²) in [6, 6.07) is 8.85. The summed E-state index contributed by atoms with van der Waals surface area (Å²) in [6.45, 7) is 3.20. The van der Waals surface area contributed by atoms with Gasteiger partial charge in [-0.25, -0.2) is 0 Å². The van der Waals surface area contributed by atoms with Gasteiger partial charge in [0.05, 0.1) is 0 Å². The second-order valence-corrected chi connectivity index (χ2v) is 5.83. The van der Waals surface area contributed by atoms with Crippen LogP contribution in [0.2, 0.25) is 0 Å². The van der Waals surface area contributed by atoms with Crippen LogP contribution in [0.3, 0.4) is 0 Å². The van der Waals surface area contributed by atoms with Crippen LogP contribution in [0.4, 0.5) is 0 Å². The Hall–Kier alpha value is -0.780. The van der Waals surface area contributed by atoms with Crippen LogP contribution in [0.5, 0.6) is 0 Å². The molecule has 0 amide bonds. The normalized spacial score (nSPS) is 17.8. The van der Waals surface area contributed by atoms with E-state index in [0.717, 1.165) is 12.5 Å². The molecule has 0 saturated heterocycles. The van der Waals surface area contributed by atoms with Crippen molar-refractivity contribution < 1.29 is 0 Å². The largest absolute Gasteiger partial charge is 0.359 e. The topological polar surface area (TPSA) is 36.4 Å². The third-order valence-corrected chi connectivity index (χ3v) is 4.58. The highest BCUT2D eigenvalue weighted by atomic mass is 127. The van der Waals surface area contributed by atoms with E-state index < -0.39 is 0 Å². The molecule has 1 aromatic carbocycles. The Labute approximate surface area is 146 Å². The van der Waals surface area contributed by atoms with Crippen molar-refractivity contribution >= 4 is 29.9 Å². The number of hydrogen-bond acceptors (Lipinski definition) is 1. The van der Waals surface area contributed by atoms with E-state index in [1.807, 2.05) is 14.1 Å². The summed E-state index contributed by atoms with van der Waals surface area (Å²) in [6.07, 6.45) is 6.56. The van der Waals surface area contributed by atoms with Crippen molar-refractivity contribution in [3.63, 3.8) is 0 Å². The van der Waals surface area contributed by atoms with Crippen LogP contribution in [0.25, 0.3) is 0 Å². The van der Waals surface area contributed by atoms with Gasteiger partial charge in [-0.1, -0.05) is 43.5 Å². The average molecular weight is 401 g/mol. The summed E-state index contributed by atoms with van der Waals surface area (Å²) in [5, 5.41) is 6.61. The Kier molecular flexibility index (Phi) is 7.49. The fourth-order valence-corrected chi connectivity index (χ4v) is 3.47. The van der Waals surface area contributed by atoms with E-state index in [2.05, 4.69) is 46.8 Å². The van der Waals surface area contributed by atoms with Gasteiger partial charge in [-0.05, 0) is 30.9 Å². The maximum Gasteiger partial charge on any atom is 0.190 e. The molecule has 0 atom stereocenters. The van der Waals surface area contributed by atoms with Crippen LogP contribution in [0, 0.1) is 6.92 Å². The number of aryl methyl sites for hydroxylation is 1. The number of halogens is 1. The van der Waals surface area contributed by atoms with E-state index in [9.17, 15) is 0 Å². The molecule has 1 fully saturated rings. The molecule has 0 aliphatic heterocycles. The van der Waals surface area contributed by atoms with E-state index in [1.165, 1.54) is 43.2 Å². The van der Waals surface area contributed by atoms with Crippen LogP contribution >= 0.6 is 24.0 Å². The van der Waals surface area contributed by atoms with E-state index >= 15 is 0 Å². The predicted molar refractivity (Wildman–Crippen MR) is 102 cm³/mol. The molecule has 118 valence electrons. The van der Waals surface area contributed by atoms with Crippen LogP contribution in [-0.2, 0) is 5.41 Å². The molecule has 1 aliphatic carbocycles. The first-order chi connectivity index (χ1) is 9.72. The molecule has 1 aromatic rings. The lowest BCUT2D eigenvalue weighted by molar-refractivity contribution is 0.290. The third kappa shape index (κ3) is 4.34. The van der Waals surface area contributed by atoms with E-state index in [-0.39, 0.29) is 29.4 Å². The summed E-state index contributed by atoms with van der Waals surface area (Å²) in [5.74, 6) is 0.878. The zero-order valence-corrected chi connectivity index (χ0v) is 15.7. The van der Waals surface area contributed by atoms with Gasteiger partial charge in [0.25, 0.3) is 0 Å². The van der Waals surface area contributed by atoms with E-state index in [4.69, 9.17) is 0 Å². The predicted octanol–water partition coefficient (Wildman–Crippen LogP) is 3.61. The Morgan fingerprint density at radius 1 is 1.19 bits per heavy atom. The number of rotatable bonds is 3. The van der Waals surface area contributed by atoms with Crippen molar-refractivity contribution in [2.45, 2.75) is 44.4 Å². The molecule has 21 heavy (non-hydrogen) atoms. The van der Waals surface area contributed by atoms with Crippen LogP contribution in [-0.4, -0.2) is 26.6 Å². The number of nitrogens with zero attached hydrogens (tertiary/aromatic N) is 1. The standard InChI is InChI=1S/C17H27N3.HI/c1-14-9-5-6-10-15(14)17(11-7-4-8-12-17)13-20-16(18-2)19-3;/h5-6,9-10H,4,7-8,11-13H2,1-3H3,(H2,18,19,20);1H. The van der Waals surface area contributed by atoms with Gasteiger partial charge in [-0.3, -0.25) is 4.99 Å². The number of guanidine groups is 1. The first kappa shape index (κ1) is 18.3. The number of benzene rings is 1. The minimum absolute atomic E-state index is 0. The van der Waals surface area contributed by atoms with E-state index in [0.29, 0.717) is 0 Å². The number of nitrogens with one attached hydrogen (secondary N) is 2. The molecular weight excluding hydrogens is 373 g/mol. The maximum atomic E-state index is 4.23. The Morgan fingerprint density at radius 3 is 2.43 bits per heavy atom. The Balaban J connectivity index is 0.00000220. The van der Waals surface area contributed by atoms with Gasteiger partial charge in [-0.15, -0.1) is 24.0 Å². The van der Waals surface area contributed by atoms with Gasteiger partial charge in [0, 0.05) is 26.1 Å². The van der Waals surface area contributed by atoms with Crippen LogP contribution in [0.1, 0.15) is 43.2 Å². The molecule has 2 rings (SSSR count). The van der Waals surface area contributed by atoms with Crippen molar-refractivity contribution in [1.82, 2.24) is 10.6 Å². The lowest BCUT2D eigenvalue weighted by atomic mass is 9.68. The molecule has 1 saturated carbocycles. The molecule has 0 aromatic heterocycles. The van der Waals surface area contributed by atoms with Gasteiger partial charge in [0.15, 0.2) is 5.96 Å². The summed E-state index contributed by atoms with van der Waals surface area (Å²) in [5.41, 5.74) is 3.19. The van der Waals surface area contributed by atoms with Crippen molar-refractivity contribution in [3.05, 3.63) is 35.4 Å². The van der Waals surface area contributed by atoms with Crippen molar-refractivity contribution in [1.29, 1.82) is 0 Å². The molecule has 2 N–H and O–H groups in total. The summed E-state index contributed by atoms with van der Waals surface area (Å²) in [4.78, 5) is 4.23. The maximum absolute atomic E-state index is 4.23. The lowest BCUT2D eigenvalue weighted by Crippen LogP contribution is -2.46. The van der Waals surface area contributed by atoms with Crippen molar-refractivity contribution in [2.75, 3.05) is 20.6 Å². The summed E-state index contributed by atoms with van der Waals surface area (Å²) in [7, 11) is 3.73. The fraction of sp³-hybridized carbons (Fsp3) is 0.588. The molecule has 4 heteroatoms. The summed E-state index contributed by atoms with van der Waals surface area (Å²) < 4.78 is 0. The number of aliphatic imine (C=N–C) groups is 1. The smallest absolute Gasteiger partial charge is 0.190 e. The Bertz CT molecular complexity index is 465. The first-order valence-electron chi connectivity index (χ1n) is 7.66. The monoisotopic (exact) mass is 401 g/mol. The highest BCUT2D eigenvalue weighted by Crippen LogP contribution is 2.40. The molecular formula is C17H28IN3. The molecule has 0 bridgehead atoms. The SMILES string of the molecule is CN=C(NC)NCC1(c2ccccc2C)CCCCC1.I. The van der Waals surface area contributed by atoms with E-state index in [1.54, 1.807) is 0 Å². The summed E-state index contributed by atoms with van der Waals surface area (Å²) >= 11 is 0. The minimum atomic E-state index is 0. The second kappa shape index (κ2) is 8.61. The molecule has 1 aliphatic rings. The third-order valence-electron chi connectivity index (χ3n) is 4.58. The fourth-order valence-electron chi connectivity index (χ4n) is 3.47. The minimum Gasteiger partial charge on any atom is -0.359 e. The molecule has 0 radical (unpaired) electrons. The molecule has 0 heterocycles. The second-order valence-electron chi connectivity index (χ2n) is 5.83. The van der Waals surface area contributed by atoms with Crippen LogP contribution < -0.4 is 10.6 Å². The molecule has 3 nitrogen and oxygen atoms in total. The average Bonchev–Trinajstić information content (AvgIpc) is 2.49. The number of hydrogen-bond donors (Lipinski definition) is 2. The van der Waals surface area contributed by atoms with Crippen molar-refractivity contribution in [3.8, 4) is 0 Å². The highest BCUT2D eigenvalue weighted by molar-refractivity contribution is 14.0. The van der Waals surface area contributed by atoms with Crippen molar-refractivity contribution in [2.24, 2.45) is 4.99 Å². The van der Waals surface area contributed by atoms with Gasteiger partial charge < -0.3 is 10.6 Å². The van der Waals surface area contributed by atoms with Gasteiger partial charge >= 0.3 is 0 Å². The zero-order chi connectivity index (χ0) is 14.4. The molecule has 0 spiro atoms. The Morgan fingerprint density at radius 2 is 1.86 bits per heavy atom. The van der Waals surface area contributed by atoms with Crippen LogP contribution in [0.15, 0.2) is 29.3 Å². The molecule has 0 unspecified atom stereocenters. The van der Waals surface area contributed by atoms with Gasteiger partial charge in [0.2, 0.25) is 0 Å². The highest BCUT2D eigenvalue weighted by Gasteiger charge is 2.34. The van der Waals surface area contributed by atoms with Gasteiger partial charge in [0.1, 0.15) is 0 Å². The lowest BCUT2D eigenvalue weighted by Gasteiger charge is -2.39. The first-order valence-corrected chi connectivity index (χ1v) is 7.66.